The van der Waals surface area contributed by atoms with E-state index in [1.165, 1.54) is 12.1 Å². The summed E-state index contributed by atoms with van der Waals surface area (Å²) in [5, 5.41) is 37.5. The lowest BCUT2D eigenvalue weighted by molar-refractivity contribution is -0.142. The Kier molecular flexibility index (Phi) is 5.64. The van der Waals surface area contributed by atoms with Gasteiger partial charge in [-0.3, -0.25) is 4.79 Å². The van der Waals surface area contributed by atoms with Crippen molar-refractivity contribution in [3.8, 4) is 17.2 Å². The second-order valence-electron chi connectivity index (χ2n) is 4.93. The second kappa shape index (κ2) is 7.00. The Morgan fingerprint density at radius 3 is 2.40 bits per heavy atom. The van der Waals surface area contributed by atoms with Crippen molar-refractivity contribution in [2.75, 3.05) is 6.54 Å². The fraction of sp³-hybridized carbons (Fsp3) is 0.500. The number of aliphatic carboxylic acids is 1. The van der Waals surface area contributed by atoms with Crippen LogP contribution >= 0.6 is 0 Å². The van der Waals surface area contributed by atoms with Crippen molar-refractivity contribution < 1.29 is 25.2 Å². The number of phenolic OH excluding ortho intramolecular Hbond substituents is 3. The summed E-state index contributed by atoms with van der Waals surface area (Å²) in [6, 6.07) is 2.82. The molecule has 0 aliphatic carbocycles. The highest BCUT2D eigenvalue weighted by molar-refractivity contribution is 5.70. The third-order valence-corrected chi connectivity index (χ3v) is 3.55. The highest BCUT2D eigenvalue weighted by Gasteiger charge is 2.22. The predicted molar refractivity (Wildman–Crippen MR) is 73.7 cm³/mol. The Bertz CT molecular complexity index is 475. The highest BCUT2D eigenvalue weighted by Crippen LogP contribution is 2.38. The molecule has 0 amide bonds. The van der Waals surface area contributed by atoms with Gasteiger partial charge in [0.25, 0.3) is 0 Å². The van der Waals surface area contributed by atoms with Crippen LogP contribution in [0.5, 0.6) is 17.2 Å². The maximum Gasteiger partial charge on any atom is 0.307 e. The minimum Gasteiger partial charge on any atom is -0.504 e. The Balaban J connectivity index is 2.84. The zero-order chi connectivity index (χ0) is 15.3. The van der Waals surface area contributed by atoms with E-state index in [1.54, 1.807) is 0 Å². The zero-order valence-electron chi connectivity index (χ0n) is 11.4. The first-order valence-electron chi connectivity index (χ1n) is 6.56. The summed E-state index contributed by atoms with van der Waals surface area (Å²) in [7, 11) is 0. The molecule has 1 aromatic carbocycles. The van der Waals surface area contributed by atoms with Crippen molar-refractivity contribution >= 4 is 5.97 Å². The molecular formula is C14H21NO5. The Morgan fingerprint density at radius 1 is 1.25 bits per heavy atom. The van der Waals surface area contributed by atoms with E-state index in [0.717, 1.165) is 6.42 Å². The van der Waals surface area contributed by atoms with E-state index < -0.39 is 17.6 Å². The monoisotopic (exact) mass is 283 g/mol. The quantitative estimate of drug-likeness (QED) is 0.482. The van der Waals surface area contributed by atoms with Gasteiger partial charge in [0.05, 0.1) is 5.92 Å². The van der Waals surface area contributed by atoms with Crippen LogP contribution in [0.4, 0.5) is 0 Å². The third kappa shape index (κ3) is 3.77. The topological polar surface area (TPSA) is 124 Å². The number of nitrogens with two attached hydrogens (primary N) is 1. The van der Waals surface area contributed by atoms with Crippen LogP contribution in [0.2, 0.25) is 0 Å². The number of carboxylic acids is 1. The standard InChI is InChI=1S/C14H21NO5/c1-2-8(6-10(7-15)14(19)20)5-9-3-4-11(16)13(18)12(9)17/h3-4,8,10,16-18H,2,5-7,15H2,1H3,(H,19,20). The molecule has 20 heavy (non-hydrogen) atoms. The first kappa shape index (κ1) is 16.1. The van der Waals surface area contributed by atoms with Crippen molar-refractivity contribution in [3.63, 3.8) is 0 Å². The maximum atomic E-state index is 11.0. The van der Waals surface area contributed by atoms with E-state index in [0.29, 0.717) is 18.4 Å². The van der Waals surface area contributed by atoms with Crippen LogP contribution in [0.3, 0.4) is 0 Å². The molecule has 112 valence electrons. The van der Waals surface area contributed by atoms with Crippen LogP contribution in [0.1, 0.15) is 25.3 Å². The highest BCUT2D eigenvalue weighted by atomic mass is 16.4. The lowest BCUT2D eigenvalue weighted by Gasteiger charge is -2.19. The fourth-order valence-electron chi connectivity index (χ4n) is 2.18. The van der Waals surface area contributed by atoms with Gasteiger partial charge >= 0.3 is 5.97 Å². The number of carboxylic acid groups (broad SMARTS) is 1. The minimum atomic E-state index is -0.927. The van der Waals surface area contributed by atoms with Gasteiger partial charge in [0, 0.05) is 6.54 Å². The van der Waals surface area contributed by atoms with Crippen LogP contribution in [-0.4, -0.2) is 32.9 Å². The van der Waals surface area contributed by atoms with Crippen LogP contribution in [-0.2, 0) is 11.2 Å². The molecule has 6 nitrogen and oxygen atoms in total. The minimum absolute atomic E-state index is 0.0227. The number of phenols is 3. The number of hydrogen-bond acceptors (Lipinski definition) is 5. The number of carbonyl (C=O) groups is 1. The first-order chi connectivity index (χ1) is 9.40. The van der Waals surface area contributed by atoms with Gasteiger partial charge in [0.2, 0.25) is 5.75 Å². The van der Waals surface area contributed by atoms with Crippen molar-refractivity contribution in [1.29, 1.82) is 0 Å². The second-order valence-corrected chi connectivity index (χ2v) is 4.93. The largest absolute Gasteiger partial charge is 0.504 e. The molecule has 1 rings (SSSR count). The molecule has 6 heteroatoms. The maximum absolute atomic E-state index is 11.0. The van der Waals surface area contributed by atoms with Gasteiger partial charge < -0.3 is 26.2 Å². The van der Waals surface area contributed by atoms with Gasteiger partial charge in [0.1, 0.15) is 0 Å². The van der Waals surface area contributed by atoms with Crippen LogP contribution in [0.25, 0.3) is 0 Å². The third-order valence-electron chi connectivity index (χ3n) is 3.55. The van der Waals surface area contributed by atoms with Gasteiger partial charge in [-0.25, -0.2) is 0 Å². The molecule has 0 aliphatic heterocycles. The van der Waals surface area contributed by atoms with E-state index >= 15 is 0 Å². The summed E-state index contributed by atoms with van der Waals surface area (Å²) < 4.78 is 0. The number of benzene rings is 1. The van der Waals surface area contributed by atoms with Crippen LogP contribution in [0, 0.1) is 11.8 Å². The molecule has 0 bridgehead atoms. The lowest BCUT2D eigenvalue weighted by atomic mass is 9.87. The van der Waals surface area contributed by atoms with E-state index in [2.05, 4.69) is 0 Å². The summed E-state index contributed by atoms with van der Waals surface area (Å²) in [6.45, 7) is 2.00. The molecule has 1 aromatic rings. The summed E-state index contributed by atoms with van der Waals surface area (Å²) in [6.07, 6.45) is 1.55. The Morgan fingerprint density at radius 2 is 1.90 bits per heavy atom. The van der Waals surface area contributed by atoms with Crippen LogP contribution < -0.4 is 5.73 Å². The molecule has 0 aliphatic rings. The van der Waals surface area contributed by atoms with Crippen molar-refractivity contribution in [1.82, 2.24) is 0 Å². The van der Waals surface area contributed by atoms with Gasteiger partial charge in [0.15, 0.2) is 11.5 Å². The number of hydrogen-bond donors (Lipinski definition) is 5. The van der Waals surface area contributed by atoms with E-state index in [-0.39, 0.29) is 24.0 Å². The van der Waals surface area contributed by atoms with Gasteiger partial charge in [-0.2, -0.15) is 0 Å². The summed E-state index contributed by atoms with van der Waals surface area (Å²) >= 11 is 0. The lowest BCUT2D eigenvalue weighted by Crippen LogP contribution is -2.26. The molecule has 0 radical (unpaired) electrons. The van der Waals surface area contributed by atoms with Crippen molar-refractivity contribution in [2.45, 2.75) is 26.2 Å². The zero-order valence-corrected chi connectivity index (χ0v) is 11.4. The molecule has 0 saturated carbocycles. The first-order valence-corrected chi connectivity index (χ1v) is 6.56. The summed E-state index contributed by atoms with van der Waals surface area (Å²) in [4.78, 5) is 11.0. The number of rotatable bonds is 7. The number of aromatic hydroxyl groups is 3. The molecular weight excluding hydrogens is 262 g/mol. The molecule has 0 saturated heterocycles. The van der Waals surface area contributed by atoms with E-state index in [9.17, 15) is 20.1 Å². The van der Waals surface area contributed by atoms with Crippen LogP contribution in [0.15, 0.2) is 12.1 Å². The smallest absolute Gasteiger partial charge is 0.307 e. The van der Waals surface area contributed by atoms with Gasteiger partial charge in [-0.05, 0) is 30.4 Å². The van der Waals surface area contributed by atoms with Gasteiger partial charge in [-0.15, -0.1) is 0 Å². The Labute approximate surface area is 117 Å². The molecule has 0 aromatic heterocycles. The average Bonchev–Trinajstić information content (AvgIpc) is 2.42. The Hall–Kier alpha value is -1.95. The molecule has 2 unspecified atom stereocenters. The SMILES string of the molecule is CCC(Cc1ccc(O)c(O)c1O)CC(CN)C(=O)O. The fourth-order valence-corrected chi connectivity index (χ4v) is 2.18. The molecule has 2 atom stereocenters. The van der Waals surface area contributed by atoms with Gasteiger partial charge in [-0.1, -0.05) is 19.4 Å². The van der Waals surface area contributed by atoms with Crippen molar-refractivity contribution in [3.05, 3.63) is 17.7 Å². The normalized spacial score (nSPS) is 13.9. The summed E-state index contributed by atoms with van der Waals surface area (Å²) in [5.74, 6) is -2.82. The molecule has 0 fully saturated rings. The molecule has 0 spiro atoms. The van der Waals surface area contributed by atoms with E-state index in [1.807, 2.05) is 6.92 Å². The van der Waals surface area contributed by atoms with Crippen molar-refractivity contribution in [2.24, 2.45) is 17.6 Å². The van der Waals surface area contributed by atoms with E-state index in [4.69, 9.17) is 10.8 Å². The molecule has 0 heterocycles. The summed E-state index contributed by atoms with van der Waals surface area (Å²) in [5.41, 5.74) is 5.92. The molecule has 6 N–H and O–H groups in total. The average molecular weight is 283 g/mol. The predicted octanol–water partition coefficient (Wildman–Crippen LogP) is 1.42.